The summed E-state index contributed by atoms with van der Waals surface area (Å²) >= 11 is 0. The highest BCUT2D eigenvalue weighted by Crippen LogP contribution is 2.06. The molecule has 4 nitrogen and oxygen atoms in total. The van der Waals surface area contributed by atoms with Crippen molar-refractivity contribution in [3.63, 3.8) is 0 Å². The number of nitrogens with two attached hydrogens (primary N) is 1. The lowest BCUT2D eigenvalue weighted by atomic mass is 10.2. The number of hydrogen-bond donors (Lipinski definition) is 1. The molecule has 0 aliphatic heterocycles. The minimum absolute atomic E-state index is 0.00940. The SMILES string of the molecule is COCCC(N)COc1cccnc1. The maximum absolute atomic E-state index is 5.78. The zero-order valence-corrected chi connectivity index (χ0v) is 8.35. The smallest absolute Gasteiger partial charge is 0.137 e. The minimum Gasteiger partial charge on any atom is -0.490 e. The Morgan fingerprint density at radius 1 is 1.57 bits per heavy atom. The second-order valence-electron chi connectivity index (χ2n) is 3.04. The second-order valence-corrected chi connectivity index (χ2v) is 3.04. The van der Waals surface area contributed by atoms with Crippen LogP contribution in [0, 0.1) is 0 Å². The Bertz CT molecular complexity index is 241. The van der Waals surface area contributed by atoms with Gasteiger partial charge in [-0.25, -0.2) is 0 Å². The molecule has 0 aromatic carbocycles. The van der Waals surface area contributed by atoms with E-state index >= 15 is 0 Å². The lowest BCUT2D eigenvalue weighted by Gasteiger charge is -2.11. The van der Waals surface area contributed by atoms with Crippen molar-refractivity contribution in [3.05, 3.63) is 24.5 Å². The molecule has 1 aromatic rings. The normalized spacial score (nSPS) is 12.4. The van der Waals surface area contributed by atoms with Crippen LogP contribution in [0.15, 0.2) is 24.5 Å². The zero-order valence-electron chi connectivity index (χ0n) is 8.35. The van der Waals surface area contributed by atoms with Crippen molar-refractivity contribution in [2.75, 3.05) is 20.3 Å². The van der Waals surface area contributed by atoms with Crippen LogP contribution in [0.4, 0.5) is 0 Å². The van der Waals surface area contributed by atoms with Crippen molar-refractivity contribution >= 4 is 0 Å². The quantitative estimate of drug-likeness (QED) is 0.732. The molecule has 0 aliphatic carbocycles. The van der Waals surface area contributed by atoms with Crippen LogP contribution in [0.2, 0.25) is 0 Å². The van der Waals surface area contributed by atoms with E-state index in [-0.39, 0.29) is 6.04 Å². The van der Waals surface area contributed by atoms with Crippen molar-refractivity contribution in [2.45, 2.75) is 12.5 Å². The van der Waals surface area contributed by atoms with Crippen molar-refractivity contribution in [2.24, 2.45) is 5.73 Å². The van der Waals surface area contributed by atoms with Gasteiger partial charge in [0.15, 0.2) is 0 Å². The summed E-state index contributed by atoms with van der Waals surface area (Å²) in [5.74, 6) is 0.750. The molecule has 1 rings (SSSR count). The average Bonchev–Trinajstić information content (AvgIpc) is 2.25. The maximum atomic E-state index is 5.78. The molecule has 0 spiro atoms. The van der Waals surface area contributed by atoms with Gasteiger partial charge in [-0.15, -0.1) is 0 Å². The zero-order chi connectivity index (χ0) is 10.2. The van der Waals surface area contributed by atoms with E-state index in [4.69, 9.17) is 15.2 Å². The molecule has 1 aromatic heterocycles. The van der Waals surface area contributed by atoms with E-state index in [2.05, 4.69) is 4.98 Å². The molecule has 14 heavy (non-hydrogen) atoms. The van der Waals surface area contributed by atoms with Crippen LogP contribution in [0.5, 0.6) is 5.75 Å². The van der Waals surface area contributed by atoms with Crippen LogP contribution in [0.25, 0.3) is 0 Å². The van der Waals surface area contributed by atoms with Gasteiger partial charge in [-0.2, -0.15) is 0 Å². The summed E-state index contributed by atoms with van der Waals surface area (Å²) in [6.07, 6.45) is 4.18. The predicted molar refractivity (Wildman–Crippen MR) is 54.2 cm³/mol. The molecule has 78 valence electrons. The third kappa shape index (κ3) is 4.20. The summed E-state index contributed by atoms with van der Waals surface area (Å²) in [5, 5.41) is 0. The van der Waals surface area contributed by atoms with Gasteiger partial charge in [0.05, 0.1) is 6.20 Å². The number of pyridine rings is 1. The number of aromatic nitrogens is 1. The molecular formula is C10H16N2O2. The van der Waals surface area contributed by atoms with E-state index in [9.17, 15) is 0 Å². The monoisotopic (exact) mass is 196 g/mol. The van der Waals surface area contributed by atoms with E-state index in [1.54, 1.807) is 19.5 Å². The van der Waals surface area contributed by atoms with Gasteiger partial charge in [-0.3, -0.25) is 4.98 Å². The lowest BCUT2D eigenvalue weighted by molar-refractivity contribution is 0.175. The standard InChI is InChI=1S/C10H16N2O2/c1-13-6-4-9(11)8-14-10-3-2-5-12-7-10/h2-3,5,7,9H,4,6,8,11H2,1H3. The van der Waals surface area contributed by atoms with Gasteiger partial charge in [0.1, 0.15) is 12.4 Å². The summed E-state index contributed by atoms with van der Waals surface area (Å²) < 4.78 is 10.3. The third-order valence-electron chi connectivity index (χ3n) is 1.79. The molecule has 4 heteroatoms. The van der Waals surface area contributed by atoms with E-state index in [0.29, 0.717) is 13.2 Å². The molecule has 0 saturated carbocycles. The van der Waals surface area contributed by atoms with Gasteiger partial charge in [-0.05, 0) is 18.6 Å². The molecule has 0 aliphatic rings. The van der Waals surface area contributed by atoms with Crippen molar-refractivity contribution in [1.82, 2.24) is 4.98 Å². The molecule has 0 saturated heterocycles. The summed E-state index contributed by atoms with van der Waals surface area (Å²) in [7, 11) is 1.66. The average molecular weight is 196 g/mol. The minimum atomic E-state index is 0.00940. The molecule has 2 N–H and O–H groups in total. The third-order valence-corrected chi connectivity index (χ3v) is 1.79. The van der Waals surface area contributed by atoms with Crippen molar-refractivity contribution in [1.29, 1.82) is 0 Å². The van der Waals surface area contributed by atoms with Gasteiger partial charge >= 0.3 is 0 Å². The first-order valence-electron chi connectivity index (χ1n) is 4.60. The Kier molecular flexibility index (Phi) is 4.96. The van der Waals surface area contributed by atoms with Gasteiger partial charge in [0, 0.05) is 26.0 Å². The fourth-order valence-electron chi connectivity index (χ4n) is 0.988. The maximum Gasteiger partial charge on any atom is 0.137 e. The Labute approximate surface area is 84.0 Å². The number of hydrogen-bond acceptors (Lipinski definition) is 4. The lowest BCUT2D eigenvalue weighted by Crippen LogP contribution is -2.29. The molecule has 0 fully saturated rings. The van der Waals surface area contributed by atoms with Crippen LogP contribution < -0.4 is 10.5 Å². The number of ether oxygens (including phenoxy) is 2. The Morgan fingerprint density at radius 3 is 3.07 bits per heavy atom. The molecule has 1 unspecified atom stereocenters. The van der Waals surface area contributed by atoms with Gasteiger partial charge in [0.2, 0.25) is 0 Å². The number of nitrogens with zero attached hydrogens (tertiary/aromatic N) is 1. The highest BCUT2D eigenvalue weighted by molar-refractivity contribution is 5.15. The number of rotatable bonds is 6. The summed E-state index contributed by atoms with van der Waals surface area (Å²) in [6.45, 7) is 1.16. The molecule has 1 atom stereocenters. The van der Waals surface area contributed by atoms with Crippen LogP contribution in [0.3, 0.4) is 0 Å². The largest absolute Gasteiger partial charge is 0.490 e. The molecule has 1 heterocycles. The van der Waals surface area contributed by atoms with Crippen molar-refractivity contribution < 1.29 is 9.47 Å². The summed E-state index contributed by atoms with van der Waals surface area (Å²) in [5.41, 5.74) is 5.78. The predicted octanol–water partition coefficient (Wildman–Crippen LogP) is 0.824. The van der Waals surface area contributed by atoms with E-state index < -0.39 is 0 Å². The highest BCUT2D eigenvalue weighted by Gasteiger charge is 2.02. The Balaban J connectivity index is 2.20. The first-order valence-corrected chi connectivity index (χ1v) is 4.60. The van der Waals surface area contributed by atoms with Gasteiger partial charge in [0.25, 0.3) is 0 Å². The fraction of sp³-hybridized carbons (Fsp3) is 0.500. The first-order chi connectivity index (χ1) is 6.83. The van der Waals surface area contributed by atoms with Gasteiger partial charge < -0.3 is 15.2 Å². The first kappa shape index (κ1) is 10.9. The Morgan fingerprint density at radius 2 is 2.43 bits per heavy atom. The number of methoxy groups -OCH3 is 1. The highest BCUT2D eigenvalue weighted by atomic mass is 16.5. The second kappa shape index (κ2) is 6.34. The van der Waals surface area contributed by atoms with E-state index in [1.807, 2.05) is 12.1 Å². The molecule has 0 bridgehead atoms. The van der Waals surface area contributed by atoms with Crippen LogP contribution in [-0.2, 0) is 4.74 Å². The fourth-order valence-corrected chi connectivity index (χ4v) is 0.988. The van der Waals surface area contributed by atoms with Crippen molar-refractivity contribution in [3.8, 4) is 5.75 Å². The Hall–Kier alpha value is -1.13. The van der Waals surface area contributed by atoms with Crippen LogP contribution >= 0.6 is 0 Å². The topological polar surface area (TPSA) is 57.4 Å². The van der Waals surface area contributed by atoms with E-state index in [0.717, 1.165) is 12.2 Å². The molecule has 0 amide bonds. The van der Waals surface area contributed by atoms with Crippen LogP contribution in [0.1, 0.15) is 6.42 Å². The van der Waals surface area contributed by atoms with Crippen LogP contribution in [-0.4, -0.2) is 31.3 Å². The van der Waals surface area contributed by atoms with Gasteiger partial charge in [-0.1, -0.05) is 0 Å². The molecular weight excluding hydrogens is 180 g/mol. The summed E-state index contributed by atoms with van der Waals surface area (Å²) in [6, 6.07) is 3.70. The summed E-state index contributed by atoms with van der Waals surface area (Å²) in [4.78, 5) is 3.93. The molecule has 0 radical (unpaired) electrons. The van der Waals surface area contributed by atoms with E-state index in [1.165, 1.54) is 0 Å².